The minimum Gasteiger partial charge on any atom is -0.487 e. The van der Waals surface area contributed by atoms with E-state index in [0.717, 1.165) is 16.7 Å². The number of para-hydroxylation sites is 1. The van der Waals surface area contributed by atoms with Gasteiger partial charge in [0, 0.05) is 0 Å². The fourth-order valence-corrected chi connectivity index (χ4v) is 2.39. The second kappa shape index (κ2) is 4.33. The summed E-state index contributed by atoms with van der Waals surface area (Å²) in [7, 11) is -3.28. The van der Waals surface area contributed by atoms with Crippen LogP contribution in [0, 0.1) is 6.92 Å². The van der Waals surface area contributed by atoms with Crippen molar-refractivity contribution in [1.82, 2.24) is 0 Å². The van der Waals surface area contributed by atoms with Crippen molar-refractivity contribution in [3.8, 4) is 5.75 Å². The molecule has 0 bridgehead atoms. The van der Waals surface area contributed by atoms with Gasteiger partial charge in [-0.25, -0.2) is 13.4 Å². The van der Waals surface area contributed by atoms with Crippen molar-refractivity contribution in [3.63, 3.8) is 0 Å². The van der Waals surface area contributed by atoms with Crippen molar-refractivity contribution < 1.29 is 13.2 Å². The summed E-state index contributed by atoms with van der Waals surface area (Å²) in [5, 5.41) is 1.28. The van der Waals surface area contributed by atoms with Gasteiger partial charge in [0.05, 0.1) is 11.1 Å². The van der Waals surface area contributed by atoms with Crippen LogP contribution in [0.2, 0.25) is 0 Å². The van der Waals surface area contributed by atoms with Crippen molar-refractivity contribution in [1.29, 1.82) is 0 Å². The molecule has 2 rings (SSSR count). The molecule has 0 aliphatic carbocycles. The van der Waals surface area contributed by atoms with Gasteiger partial charge in [-0.15, -0.1) is 0 Å². The third kappa shape index (κ3) is 2.55. The smallest absolute Gasteiger partial charge is 0.214 e. The number of nitrogens with zero attached hydrogens (tertiary/aromatic N) is 1. The van der Waals surface area contributed by atoms with E-state index in [1.807, 2.05) is 31.2 Å². The minimum atomic E-state index is -3.28. The molecule has 0 amide bonds. The van der Waals surface area contributed by atoms with E-state index in [1.54, 1.807) is 0 Å². The lowest BCUT2D eigenvalue weighted by molar-refractivity contribution is 0.349. The van der Waals surface area contributed by atoms with E-state index < -0.39 is 9.84 Å². The monoisotopic (exact) mass is 251 g/mol. The van der Waals surface area contributed by atoms with Crippen LogP contribution in [0.25, 0.3) is 0 Å². The molecular formula is C12H13NO3S. The molecule has 0 spiro atoms. The first-order valence-electron chi connectivity index (χ1n) is 5.18. The average molecular weight is 251 g/mol. The van der Waals surface area contributed by atoms with E-state index in [0.29, 0.717) is 5.70 Å². The first-order valence-corrected chi connectivity index (χ1v) is 6.73. The van der Waals surface area contributed by atoms with E-state index in [1.165, 1.54) is 6.92 Å². The molecule has 1 heterocycles. The molecule has 17 heavy (non-hydrogen) atoms. The first kappa shape index (κ1) is 11.9. The summed E-state index contributed by atoms with van der Waals surface area (Å²) in [6.45, 7) is 3.58. The fraction of sp³-hybridized carbons (Fsp3) is 0.250. The lowest BCUT2D eigenvalue weighted by Crippen LogP contribution is -2.01. The van der Waals surface area contributed by atoms with Crippen molar-refractivity contribution in [2.45, 2.75) is 13.8 Å². The van der Waals surface area contributed by atoms with E-state index in [-0.39, 0.29) is 11.7 Å². The van der Waals surface area contributed by atoms with Crippen LogP contribution in [-0.2, 0) is 9.84 Å². The summed E-state index contributed by atoms with van der Waals surface area (Å²) in [6.07, 6.45) is 0. The highest BCUT2D eigenvalue weighted by atomic mass is 32.2. The van der Waals surface area contributed by atoms with Crippen molar-refractivity contribution in [2.24, 2.45) is 4.99 Å². The van der Waals surface area contributed by atoms with Crippen LogP contribution >= 0.6 is 0 Å². The Hall–Kier alpha value is -1.62. The van der Waals surface area contributed by atoms with Gasteiger partial charge in [-0.3, -0.25) is 0 Å². The van der Waals surface area contributed by atoms with Gasteiger partial charge in [0.15, 0.2) is 0 Å². The molecule has 0 saturated heterocycles. The largest absolute Gasteiger partial charge is 0.487 e. The molecule has 0 atom stereocenters. The highest BCUT2D eigenvalue weighted by Gasteiger charge is 2.20. The quantitative estimate of drug-likeness (QED) is 0.826. The summed E-state index contributed by atoms with van der Waals surface area (Å²) in [5.41, 5.74) is 1.44. The molecule has 1 aliphatic heterocycles. The second-order valence-corrected chi connectivity index (χ2v) is 5.76. The zero-order valence-corrected chi connectivity index (χ0v) is 10.5. The molecule has 0 fully saturated rings. The highest BCUT2D eigenvalue weighted by molar-refractivity contribution is 8.09. The number of ether oxygens (including phenoxy) is 1. The van der Waals surface area contributed by atoms with E-state index in [9.17, 15) is 8.42 Å². The lowest BCUT2D eigenvalue weighted by Gasteiger charge is -2.07. The molecule has 90 valence electrons. The number of benzene rings is 1. The molecule has 1 aromatic carbocycles. The maximum atomic E-state index is 11.4. The molecule has 5 heteroatoms. The number of sulfone groups is 1. The molecule has 4 nitrogen and oxygen atoms in total. The van der Waals surface area contributed by atoms with Crippen LogP contribution in [0.3, 0.4) is 0 Å². The summed E-state index contributed by atoms with van der Waals surface area (Å²) >= 11 is 0. The number of aryl methyl sites for hydroxylation is 1. The predicted octanol–water partition coefficient (Wildman–Crippen LogP) is 2.06. The second-order valence-electron chi connectivity index (χ2n) is 3.84. The summed E-state index contributed by atoms with van der Waals surface area (Å²) in [5.74, 6) is 0.741. The average Bonchev–Trinajstić information content (AvgIpc) is 2.52. The Morgan fingerprint density at radius 1 is 1.24 bits per heavy atom. The van der Waals surface area contributed by atoms with Crippen LogP contribution < -0.4 is 4.74 Å². The van der Waals surface area contributed by atoms with Crippen LogP contribution in [0.4, 0.5) is 0 Å². The first-order chi connectivity index (χ1) is 7.99. The standard InChI is InChI=1S/C12H13NO3S/c1-9-5-3-4-6-12(9)16-7-11-8-17(14,15)10(2)13-11/h3-6,8H,7H2,1-2H3. The Kier molecular flexibility index (Phi) is 3.02. The number of hydrogen-bond donors (Lipinski definition) is 0. The summed E-state index contributed by atoms with van der Waals surface area (Å²) < 4.78 is 28.3. The third-order valence-corrected chi connectivity index (χ3v) is 3.97. The SMILES string of the molecule is CC1=NC(COc2ccccc2C)=CS1(=O)=O. The van der Waals surface area contributed by atoms with Gasteiger partial charge >= 0.3 is 0 Å². The van der Waals surface area contributed by atoms with E-state index in [2.05, 4.69) is 4.99 Å². The van der Waals surface area contributed by atoms with Crippen LogP contribution in [0.5, 0.6) is 5.75 Å². The Morgan fingerprint density at radius 2 is 1.94 bits per heavy atom. The van der Waals surface area contributed by atoms with Crippen molar-refractivity contribution in [3.05, 3.63) is 40.9 Å². The third-order valence-electron chi connectivity index (χ3n) is 2.47. The van der Waals surface area contributed by atoms with Crippen LogP contribution in [0.15, 0.2) is 40.4 Å². The maximum absolute atomic E-state index is 11.4. The van der Waals surface area contributed by atoms with Gasteiger partial charge in [0.2, 0.25) is 9.84 Å². The van der Waals surface area contributed by atoms with Crippen molar-refractivity contribution >= 4 is 14.9 Å². The van der Waals surface area contributed by atoms with Gasteiger partial charge in [-0.05, 0) is 25.5 Å². The van der Waals surface area contributed by atoms with E-state index >= 15 is 0 Å². The lowest BCUT2D eigenvalue weighted by atomic mass is 10.2. The topological polar surface area (TPSA) is 55.7 Å². The zero-order valence-electron chi connectivity index (χ0n) is 9.67. The number of rotatable bonds is 3. The van der Waals surface area contributed by atoms with Gasteiger partial charge in [0.25, 0.3) is 0 Å². The van der Waals surface area contributed by atoms with Gasteiger partial charge < -0.3 is 4.74 Å². The Labute approximate surface area is 101 Å². The number of aliphatic imine (C=N–C) groups is 1. The Balaban J connectivity index is 2.09. The number of hydrogen-bond acceptors (Lipinski definition) is 4. The summed E-state index contributed by atoms with van der Waals surface area (Å²) in [4.78, 5) is 3.95. The molecule has 0 N–H and O–H groups in total. The predicted molar refractivity (Wildman–Crippen MR) is 66.8 cm³/mol. The Bertz CT molecular complexity index is 600. The maximum Gasteiger partial charge on any atom is 0.214 e. The molecule has 0 unspecified atom stereocenters. The molecule has 1 aliphatic rings. The van der Waals surface area contributed by atoms with Gasteiger partial charge in [0.1, 0.15) is 17.4 Å². The molecular weight excluding hydrogens is 238 g/mol. The normalized spacial score (nSPS) is 17.5. The van der Waals surface area contributed by atoms with E-state index in [4.69, 9.17) is 4.74 Å². The van der Waals surface area contributed by atoms with Crippen LogP contribution in [0.1, 0.15) is 12.5 Å². The fourth-order valence-electron chi connectivity index (χ4n) is 1.49. The zero-order chi connectivity index (χ0) is 12.5. The molecule has 0 saturated carbocycles. The van der Waals surface area contributed by atoms with Crippen molar-refractivity contribution in [2.75, 3.05) is 6.61 Å². The molecule has 0 radical (unpaired) electrons. The van der Waals surface area contributed by atoms with Crippen LogP contribution in [-0.4, -0.2) is 20.1 Å². The van der Waals surface area contributed by atoms with Gasteiger partial charge in [-0.1, -0.05) is 18.2 Å². The Morgan fingerprint density at radius 3 is 2.53 bits per heavy atom. The molecule has 0 aromatic heterocycles. The molecule has 1 aromatic rings. The summed E-state index contributed by atoms with van der Waals surface area (Å²) in [6, 6.07) is 7.57. The minimum absolute atomic E-state index is 0.126. The van der Waals surface area contributed by atoms with Gasteiger partial charge in [-0.2, -0.15) is 0 Å². The highest BCUT2D eigenvalue weighted by Crippen LogP contribution is 2.19.